The lowest BCUT2D eigenvalue weighted by Crippen LogP contribution is -2.52. The van der Waals surface area contributed by atoms with E-state index in [-0.39, 0.29) is 0 Å². The summed E-state index contributed by atoms with van der Waals surface area (Å²) in [6.45, 7) is 2.91. The second kappa shape index (κ2) is 7.27. The Labute approximate surface area is 139 Å². The molecule has 126 valence electrons. The standard InChI is InChI=1S/C19H29N3O/c1-2-6-16(7-3-1)19-20-12-15(13-21-19)14-22-10-11-23-18-9-5-4-8-17(18)22/h12-13,16-18H,1-11,14H2/t17-,18-/m1/s1. The molecule has 0 amide bonds. The summed E-state index contributed by atoms with van der Waals surface area (Å²) in [5, 5.41) is 0. The first-order valence-corrected chi connectivity index (χ1v) is 9.56. The fourth-order valence-corrected chi connectivity index (χ4v) is 4.63. The second-order valence-electron chi connectivity index (χ2n) is 7.52. The van der Waals surface area contributed by atoms with Gasteiger partial charge in [0, 0.05) is 43.0 Å². The Morgan fingerprint density at radius 1 is 0.957 bits per heavy atom. The van der Waals surface area contributed by atoms with Crippen molar-refractivity contribution in [3.8, 4) is 0 Å². The van der Waals surface area contributed by atoms with Crippen molar-refractivity contribution in [2.24, 2.45) is 0 Å². The van der Waals surface area contributed by atoms with Crippen LogP contribution in [0.2, 0.25) is 0 Å². The van der Waals surface area contributed by atoms with Crippen LogP contribution in [0.15, 0.2) is 12.4 Å². The van der Waals surface area contributed by atoms with Gasteiger partial charge in [-0.15, -0.1) is 0 Å². The number of ether oxygens (including phenoxy) is 1. The summed E-state index contributed by atoms with van der Waals surface area (Å²) in [4.78, 5) is 12.0. The largest absolute Gasteiger partial charge is 0.375 e. The Hall–Kier alpha value is -1.00. The normalized spacial score (nSPS) is 30.1. The molecule has 4 nitrogen and oxygen atoms in total. The van der Waals surface area contributed by atoms with Crippen LogP contribution in [0.5, 0.6) is 0 Å². The molecule has 0 bridgehead atoms. The van der Waals surface area contributed by atoms with Crippen molar-refractivity contribution < 1.29 is 4.74 Å². The minimum atomic E-state index is 0.458. The number of fused-ring (bicyclic) bond motifs is 1. The topological polar surface area (TPSA) is 38.2 Å². The first-order chi connectivity index (χ1) is 11.4. The van der Waals surface area contributed by atoms with Crippen molar-refractivity contribution in [3.05, 3.63) is 23.8 Å². The smallest absolute Gasteiger partial charge is 0.131 e. The number of hydrogen-bond donors (Lipinski definition) is 0. The van der Waals surface area contributed by atoms with E-state index >= 15 is 0 Å². The van der Waals surface area contributed by atoms with Crippen LogP contribution in [0.25, 0.3) is 0 Å². The molecule has 3 aliphatic rings. The van der Waals surface area contributed by atoms with Gasteiger partial charge in [0.05, 0.1) is 12.7 Å². The second-order valence-corrected chi connectivity index (χ2v) is 7.52. The zero-order valence-electron chi connectivity index (χ0n) is 14.1. The van der Waals surface area contributed by atoms with E-state index < -0.39 is 0 Å². The van der Waals surface area contributed by atoms with Crippen LogP contribution < -0.4 is 0 Å². The van der Waals surface area contributed by atoms with Gasteiger partial charge in [0.1, 0.15) is 5.82 Å². The maximum atomic E-state index is 5.98. The number of hydrogen-bond acceptors (Lipinski definition) is 4. The number of nitrogens with zero attached hydrogens (tertiary/aromatic N) is 3. The van der Waals surface area contributed by atoms with Gasteiger partial charge in [-0.1, -0.05) is 32.1 Å². The Morgan fingerprint density at radius 2 is 1.70 bits per heavy atom. The molecule has 0 unspecified atom stereocenters. The van der Waals surface area contributed by atoms with Gasteiger partial charge >= 0.3 is 0 Å². The van der Waals surface area contributed by atoms with Gasteiger partial charge in [0.25, 0.3) is 0 Å². The fraction of sp³-hybridized carbons (Fsp3) is 0.789. The van der Waals surface area contributed by atoms with Crippen LogP contribution in [0.3, 0.4) is 0 Å². The molecule has 2 heterocycles. The summed E-state index contributed by atoms with van der Waals surface area (Å²) >= 11 is 0. The predicted octanol–water partition coefficient (Wildman–Crippen LogP) is 3.67. The van der Waals surface area contributed by atoms with Crippen LogP contribution >= 0.6 is 0 Å². The number of morpholine rings is 1. The number of rotatable bonds is 3. The van der Waals surface area contributed by atoms with Gasteiger partial charge in [0.15, 0.2) is 0 Å². The van der Waals surface area contributed by atoms with Gasteiger partial charge < -0.3 is 4.74 Å². The molecule has 0 N–H and O–H groups in total. The molecule has 2 aliphatic carbocycles. The quantitative estimate of drug-likeness (QED) is 0.853. The maximum absolute atomic E-state index is 5.98. The highest BCUT2D eigenvalue weighted by Gasteiger charge is 2.34. The SMILES string of the molecule is c1nc(C2CCCCC2)ncc1CN1CCO[C@@H]2CCCC[C@H]21. The third-order valence-electron chi connectivity index (χ3n) is 5.93. The molecular weight excluding hydrogens is 286 g/mol. The van der Waals surface area contributed by atoms with Crippen LogP contribution in [0.1, 0.15) is 75.1 Å². The summed E-state index contributed by atoms with van der Waals surface area (Å²) in [7, 11) is 0. The summed E-state index contributed by atoms with van der Waals surface area (Å²) < 4.78 is 5.98. The Morgan fingerprint density at radius 3 is 2.52 bits per heavy atom. The highest BCUT2D eigenvalue weighted by atomic mass is 16.5. The summed E-state index contributed by atoms with van der Waals surface area (Å²) in [5.41, 5.74) is 1.26. The molecule has 0 spiro atoms. The first kappa shape index (κ1) is 15.5. The lowest BCUT2D eigenvalue weighted by Gasteiger charge is -2.43. The van der Waals surface area contributed by atoms with Crippen molar-refractivity contribution in [3.63, 3.8) is 0 Å². The van der Waals surface area contributed by atoms with E-state index in [1.807, 2.05) is 0 Å². The first-order valence-electron chi connectivity index (χ1n) is 9.56. The predicted molar refractivity (Wildman–Crippen MR) is 90.3 cm³/mol. The lowest BCUT2D eigenvalue weighted by atomic mass is 9.88. The van der Waals surface area contributed by atoms with E-state index in [2.05, 4.69) is 17.3 Å². The molecule has 1 aromatic rings. The van der Waals surface area contributed by atoms with E-state index in [0.29, 0.717) is 18.1 Å². The van der Waals surface area contributed by atoms with E-state index in [4.69, 9.17) is 14.7 Å². The molecule has 0 aromatic carbocycles. The molecule has 0 radical (unpaired) electrons. The summed E-state index contributed by atoms with van der Waals surface area (Å²) in [6, 6.07) is 0.607. The fourth-order valence-electron chi connectivity index (χ4n) is 4.63. The monoisotopic (exact) mass is 315 g/mol. The molecule has 1 aromatic heterocycles. The highest BCUT2D eigenvalue weighted by molar-refractivity contribution is 5.09. The number of aromatic nitrogens is 2. The van der Waals surface area contributed by atoms with Crippen molar-refractivity contribution in [2.45, 2.75) is 82.4 Å². The van der Waals surface area contributed by atoms with Crippen molar-refractivity contribution >= 4 is 0 Å². The third kappa shape index (κ3) is 3.58. The molecular formula is C19H29N3O. The van der Waals surface area contributed by atoms with Gasteiger partial charge in [0.2, 0.25) is 0 Å². The summed E-state index contributed by atoms with van der Waals surface area (Å²) in [6.07, 6.45) is 16.4. The van der Waals surface area contributed by atoms with Crippen molar-refractivity contribution in [1.29, 1.82) is 0 Å². The molecule has 2 saturated carbocycles. The Kier molecular flexibility index (Phi) is 4.90. The zero-order valence-corrected chi connectivity index (χ0v) is 14.1. The van der Waals surface area contributed by atoms with Crippen molar-refractivity contribution in [2.75, 3.05) is 13.2 Å². The average Bonchev–Trinajstić information content (AvgIpc) is 2.63. The average molecular weight is 315 g/mol. The highest BCUT2D eigenvalue weighted by Crippen LogP contribution is 2.31. The minimum absolute atomic E-state index is 0.458. The van der Waals surface area contributed by atoms with E-state index in [9.17, 15) is 0 Å². The molecule has 23 heavy (non-hydrogen) atoms. The Bertz CT molecular complexity index is 496. The van der Waals surface area contributed by atoms with Crippen LogP contribution in [-0.4, -0.2) is 40.2 Å². The molecule has 1 aliphatic heterocycles. The minimum Gasteiger partial charge on any atom is -0.375 e. The molecule has 2 atom stereocenters. The molecule has 1 saturated heterocycles. The molecule has 3 fully saturated rings. The lowest BCUT2D eigenvalue weighted by molar-refractivity contribution is -0.0911. The van der Waals surface area contributed by atoms with E-state index in [1.54, 1.807) is 0 Å². The van der Waals surface area contributed by atoms with Crippen LogP contribution in [-0.2, 0) is 11.3 Å². The Balaban J connectivity index is 1.40. The van der Waals surface area contributed by atoms with Gasteiger partial charge in [-0.2, -0.15) is 0 Å². The van der Waals surface area contributed by atoms with E-state index in [0.717, 1.165) is 25.5 Å². The van der Waals surface area contributed by atoms with Crippen LogP contribution in [0.4, 0.5) is 0 Å². The van der Waals surface area contributed by atoms with Gasteiger partial charge in [-0.05, 0) is 25.7 Å². The van der Waals surface area contributed by atoms with Crippen molar-refractivity contribution in [1.82, 2.24) is 14.9 Å². The zero-order chi connectivity index (χ0) is 15.5. The maximum Gasteiger partial charge on any atom is 0.131 e. The summed E-state index contributed by atoms with van der Waals surface area (Å²) in [5.74, 6) is 1.68. The van der Waals surface area contributed by atoms with E-state index in [1.165, 1.54) is 63.4 Å². The molecule has 4 heteroatoms. The molecule has 4 rings (SSSR count). The third-order valence-corrected chi connectivity index (χ3v) is 5.93. The van der Waals surface area contributed by atoms with Gasteiger partial charge in [-0.3, -0.25) is 4.90 Å². The van der Waals surface area contributed by atoms with Crippen LogP contribution in [0, 0.1) is 0 Å². The van der Waals surface area contributed by atoms with Gasteiger partial charge in [-0.25, -0.2) is 9.97 Å².